The molecule has 4 nitrogen and oxygen atoms in total. The summed E-state index contributed by atoms with van der Waals surface area (Å²) in [4.78, 5) is 13.1. The average Bonchev–Trinajstić information content (AvgIpc) is 2.53. The number of ether oxygens (including phenoxy) is 1. The molecule has 1 heterocycles. The zero-order valence-electron chi connectivity index (χ0n) is 7.51. The van der Waals surface area contributed by atoms with Crippen LogP contribution in [-0.2, 0) is 9.53 Å². The monoisotopic (exact) mass is 172 g/mol. The van der Waals surface area contributed by atoms with Crippen LogP contribution in [-0.4, -0.2) is 43.8 Å². The third-order valence-corrected chi connectivity index (χ3v) is 1.88. The highest BCUT2D eigenvalue weighted by Gasteiger charge is 2.12. The molecule has 0 saturated carbocycles. The van der Waals surface area contributed by atoms with E-state index < -0.39 is 0 Å². The van der Waals surface area contributed by atoms with E-state index in [0.29, 0.717) is 13.0 Å². The minimum absolute atomic E-state index is 0.0931. The first kappa shape index (κ1) is 9.48. The number of hydrogen-bond donors (Lipinski definition) is 1. The molecule has 1 fully saturated rings. The van der Waals surface area contributed by atoms with Crippen molar-refractivity contribution in [3.8, 4) is 0 Å². The van der Waals surface area contributed by atoms with Gasteiger partial charge in [0, 0.05) is 26.3 Å². The van der Waals surface area contributed by atoms with E-state index in [2.05, 4.69) is 10.2 Å². The van der Waals surface area contributed by atoms with E-state index in [-0.39, 0.29) is 5.97 Å². The molecular formula is C8H16N2O2. The Morgan fingerprint density at radius 3 is 3.08 bits per heavy atom. The molecule has 1 N–H and O–H groups in total. The summed E-state index contributed by atoms with van der Waals surface area (Å²) >= 11 is 0. The Morgan fingerprint density at radius 1 is 1.67 bits per heavy atom. The third kappa shape index (κ3) is 3.19. The van der Waals surface area contributed by atoms with Gasteiger partial charge in [-0.05, 0) is 6.92 Å². The van der Waals surface area contributed by atoms with Gasteiger partial charge in [0.2, 0.25) is 0 Å². The maximum atomic E-state index is 10.9. The zero-order chi connectivity index (χ0) is 8.81. The van der Waals surface area contributed by atoms with E-state index in [0.717, 1.165) is 26.3 Å². The lowest BCUT2D eigenvalue weighted by molar-refractivity contribution is -0.143. The lowest BCUT2D eigenvalue weighted by atomic mass is 10.4. The number of carbonyl (C=O) groups excluding carboxylic acids is 1. The molecule has 1 rings (SSSR count). The van der Waals surface area contributed by atoms with Crippen molar-refractivity contribution < 1.29 is 9.53 Å². The van der Waals surface area contributed by atoms with Crippen LogP contribution in [0.25, 0.3) is 0 Å². The smallest absolute Gasteiger partial charge is 0.307 e. The first-order valence-corrected chi connectivity index (χ1v) is 4.41. The Balaban J connectivity index is 2.03. The van der Waals surface area contributed by atoms with E-state index in [4.69, 9.17) is 4.74 Å². The van der Waals surface area contributed by atoms with Crippen LogP contribution >= 0.6 is 0 Å². The highest BCUT2D eigenvalue weighted by Crippen LogP contribution is 1.95. The fourth-order valence-corrected chi connectivity index (χ4v) is 1.23. The molecule has 0 aromatic rings. The molecule has 0 amide bonds. The topological polar surface area (TPSA) is 41.6 Å². The second-order valence-electron chi connectivity index (χ2n) is 2.83. The molecule has 12 heavy (non-hydrogen) atoms. The van der Waals surface area contributed by atoms with Gasteiger partial charge in [-0.2, -0.15) is 0 Å². The summed E-state index contributed by atoms with van der Waals surface area (Å²) in [7, 11) is 0. The van der Waals surface area contributed by atoms with Gasteiger partial charge in [0.1, 0.15) is 0 Å². The van der Waals surface area contributed by atoms with Gasteiger partial charge in [-0.15, -0.1) is 0 Å². The Labute approximate surface area is 72.9 Å². The first-order chi connectivity index (χ1) is 5.83. The van der Waals surface area contributed by atoms with Crippen LogP contribution < -0.4 is 5.32 Å². The highest BCUT2D eigenvalue weighted by molar-refractivity contribution is 5.69. The van der Waals surface area contributed by atoms with Gasteiger partial charge < -0.3 is 10.1 Å². The molecule has 0 aromatic carbocycles. The van der Waals surface area contributed by atoms with Crippen LogP contribution in [0, 0.1) is 0 Å². The van der Waals surface area contributed by atoms with Gasteiger partial charge in [-0.3, -0.25) is 9.69 Å². The number of carbonyl (C=O) groups is 1. The average molecular weight is 172 g/mol. The summed E-state index contributed by atoms with van der Waals surface area (Å²) in [5.41, 5.74) is 0. The molecule has 0 bridgehead atoms. The molecule has 1 aliphatic heterocycles. The maximum absolute atomic E-state index is 10.9. The standard InChI is InChI=1S/C8H16N2O2/c1-2-12-8(11)3-5-10-6-4-9-7-10/h9H,2-7H2,1H3. The van der Waals surface area contributed by atoms with E-state index in [9.17, 15) is 4.79 Å². The predicted octanol–water partition coefficient (Wildman–Crippen LogP) is -0.198. The second-order valence-corrected chi connectivity index (χ2v) is 2.83. The van der Waals surface area contributed by atoms with E-state index in [1.807, 2.05) is 6.92 Å². The van der Waals surface area contributed by atoms with Crippen molar-refractivity contribution in [3.05, 3.63) is 0 Å². The molecule has 0 unspecified atom stereocenters. The Morgan fingerprint density at radius 2 is 2.50 bits per heavy atom. The molecule has 0 aromatic heterocycles. The summed E-state index contributed by atoms with van der Waals surface area (Å²) in [6, 6.07) is 0. The van der Waals surface area contributed by atoms with Crippen molar-refractivity contribution in [1.29, 1.82) is 0 Å². The highest BCUT2D eigenvalue weighted by atomic mass is 16.5. The van der Waals surface area contributed by atoms with Gasteiger partial charge in [-0.25, -0.2) is 0 Å². The summed E-state index contributed by atoms with van der Waals surface area (Å²) < 4.78 is 4.82. The van der Waals surface area contributed by atoms with Crippen molar-refractivity contribution in [2.45, 2.75) is 13.3 Å². The number of nitrogens with one attached hydrogen (secondary N) is 1. The molecule has 0 aliphatic carbocycles. The molecule has 4 heteroatoms. The predicted molar refractivity (Wildman–Crippen MR) is 45.7 cm³/mol. The van der Waals surface area contributed by atoms with Crippen molar-refractivity contribution in [1.82, 2.24) is 10.2 Å². The number of hydrogen-bond acceptors (Lipinski definition) is 4. The van der Waals surface area contributed by atoms with Gasteiger partial charge in [0.25, 0.3) is 0 Å². The lowest BCUT2D eigenvalue weighted by Crippen LogP contribution is -2.25. The second kappa shape index (κ2) is 5.11. The Kier molecular flexibility index (Phi) is 4.04. The van der Waals surface area contributed by atoms with E-state index >= 15 is 0 Å². The van der Waals surface area contributed by atoms with E-state index in [1.165, 1.54) is 0 Å². The number of nitrogens with zero attached hydrogens (tertiary/aromatic N) is 1. The Hall–Kier alpha value is -0.610. The summed E-state index contributed by atoms with van der Waals surface area (Å²) in [6.45, 7) is 6.10. The van der Waals surface area contributed by atoms with Crippen LogP contribution in [0.2, 0.25) is 0 Å². The quantitative estimate of drug-likeness (QED) is 0.596. The van der Waals surface area contributed by atoms with Crippen molar-refractivity contribution >= 4 is 5.97 Å². The molecule has 0 spiro atoms. The maximum Gasteiger partial charge on any atom is 0.307 e. The van der Waals surface area contributed by atoms with Crippen LogP contribution in [0.5, 0.6) is 0 Å². The van der Waals surface area contributed by atoms with Crippen LogP contribution in [0.1, 0.15) is 13.3 Å². The zero-order valence-corrected chi connectivity index (χ0v) is 7.51. The SMILES string of the molecule is CCOC(=O)CCN1CCNC1. The van der Waals surface area contributed by atoms with Crippen molar-refractivity contribution in [2.75, 3.05) is 32.9 Å². The number of rotatable bonds is 4. The summed E-state index contributed by atoms with van der Waals surface area (Å²) in [6.07, 6.45) is 0.509. The minimum atomic E-state index is -0.0931. The molecule has 1 aliphatic rings. The Bertz CT molecular complexity index is 144. The molecule has 0 atom stereocenters. The number of esters is 1. The molecule has 1 saturated heterocycles. The third-order valence-electron chi connectivity index (χ3n) is 1.88. The lowest BCUT2D eigenvalue weighted by Gasteiger charge is -2.12. The fraction of sp³-hybridized carbons (Fsp3) is 0.875. The normalized spacial score (nSPS) is 18.1. The first-order valence-electron chi connectivity index (χ1n) is 4.41. The van der Waals surface area contributed by atoms with Gasteiger partial charge in [0.15, 0.2) is 0 Å². The van der Waals surface area contributed by atoms with E-state index in [1.54, 1.807) is 0 Å². The molecule has 70 valence electrons. The van der Waals surface area contributed by atoms with Gasteiger partial charge in [-0.1, -0.05) is 0 Å². The van der Waals surface area contributed by atoms with Gasteiger partial charge in [0.05, 0.1) is 13.0 Å². The van der Waals surface area contributed by atoms with Crippen LogP contribution in [0.15, 0.2) is 0 Å². The summed E-state index contributed by atoms with van der Waals surface area (Å²) in [5.74, 6) is -0.0931. The van der Waals surface area contributed by atoms with Crippen LogP contribution in [0.3, 0.4) is 0 Å². The molecular weight excluding hydrogens is 156 g/mol. The largest absolute Gasteiger partial charge is 0.466 e. The fourth-order valence-electron chi connectivity index (χ4n) is 1.23. The van der Waals surface area contributed by atoms with Crippen molar-refractivity contribution in [3.63, 3.8) is 0 Å². The summed E-state index contributed by atoms with van der Waals surface area (Å²) in [5, 5.41) is 3.20. The van der Waals surface area contributed by atoms with Crippen molar-refractivity contribution in [2.24, 2.45) is 0 Å². The van der Waals surface area contributed by atoms with Crippen LogP contribution in [0.4, 0.5) is 0 Å². The minimum Gasteiger partial charge on any atom is -0.466 e. The van der Waals surface area contributed by atoms with Gasteiger partial charge >= 0.3 is 5.97 Å². The molecule has 0 radical (unpaired) electrons.